The molecule has 1 N–H and O–H groups in total. The van der Waals surface area contributed by atoms with Crippen LogP contribution in [0.2, 0.25) is 0 Å². The third-order valence-corrected chi connectivity index (χ3v) is 4.14. The van der Waals surface area contributed by atoms with Crippen molar-refractivity contribution >= 4 is 17.0 Å². The monoisotopic (exact) mass is 272 g/mol. The van der Waals surface area contributed by atoms with Gasteiger partial charge in [-0.05, 0) is 37.5 Å². The topological polar surface area (TPSA) is 55.1 Å². The van der Waals surface area contributed by atoms with Gasteiger partial charge in [-0.3, -0.25) is 0 Å². The second-order valence-electron chi connectivity index (χ2n) is 5.79. The fraction of sp³-hybridized carbons (Fsp3) is 0.500. The summed E-state index contributed by atoms with van der Waals surface area (Å²) < 4.78 is 2.24. The Bertz CT molecular complexity index is 656. The van der Waals surface area contributed by atoms with Gasteiger partial charge in [0, 0.05) is 12.5 Å². The second-order valence-corrected chi connectivity index (χ2v) is 5.79. The first-order chi connectivity index (χ1) is 9.60. The number of fused-ring (bicyclic) bond motifs is 1. The molecule has 1 aromatic carbocycles. The van der Waals surface area contributed by atoms with E-state index in [1.807, 2.05) is 6.07 Å². The van der Waals surface area contributed by atoms with Crippen LogP contribution in [-0.4, -0.2) is 20.6 Å². The van der Waals surface area contributed by atoms with E-state index in [4.69, 9.17) is 5.11 Å². The quantitative estimate of drug-likeness (QED) is 0.903. The number of aromatic nitrogens is 2. The zero-order valence-electron chi connectivity index (χ0n) is 12.0. The maximum atomic E-state index is 11.2. The minimum Gasteiger partial charge on any atom is -0.478 e. The molecule has 1 atom stereocenters. The smallest absolute Gasteiger partial charge is 0.335 e. The summed E-state index contributed by atoms with van der Waals surface area (Å²) in [6, 6.07) is 5.59. The number of carboxylic acid groups (broad SMARTS) is 1. The molecule has 0 spiro atoms. The van der Waals surface area contributed by atoms with Crippen molar-refractivity contribution in [3.8, 4) is 0 Å². The number of hydrogen-bond donors (Lipinski definition) is 1. The van der Waals surface area contributed by atoms with E-state index in [1.165, 1.54) is 12.8 Å². The average molecular weight is 272 g/mol. The van der Waals surface area contributed by atoms with Crippen LogP contribution in [0.15, 0.2) is 18.2 Å². The van der Waals surface area contributed by atoms with E-state index in [2.05, 4.69) is 23.4 Å². The molecule has 1 aliphatic rings. The predicted octanol–water partition coefficient (Wildman–Crippen LogP) is 3.66. The largest absolute Gasteiger partial charge is 0.478 e. The Morgan fingerprint density at radius 3 is 2.85 bits per heavy atom. The third-order valence-electron chi connectivity index (χ3n) is 4.14. The highest BCUT2D eigenvalue weighted by Crippen LogP contribution is 2.38. The van der Waals surface area contributed by atoms with Crippen molar-refractivity contribution in [2.75, 3.05) is 0 Å². The van der Waals surface area contributed by atoms with Crippen LogP contribution in [0.5, 0.6) is 0 Å². The summed E-state index contributed by atoms with van der Waals surface area (Å²) in [7, 11) is 0. The molecule has 1 saturated carbocycles. The fourth-order valence-electron chi connectivity index (χ4n) is 2.96. The molecular weight excluding hydrogens is 252 g/mol. The molecule has 0 amide bonds. The van der Waals surface area contributed by atoms with E-state index in [0.717, 1.165) is 35.6 Å². The lowest BCUT2D eigenvalue weighted by Crippen LogP contribution is -2.10. The molecule has 0 saturated heterocycles. The van der Waals surface area contributed by atoms with Gasteiger partial charge in [-0.1, -0.05) is 19.8 Å². The minimum absolute atomic E-state index is 0.333. The van der Waals surface area contributed by atoms with Crippen molar-refractivity contribution in [1.29, 1.82) is 0 Å². The fourth-order valence-corrected chi connectivity index (χ4v) is 2.96. The van der Waals surface area contributed by atoms with Crippen LogP contribution in [0.3, 0.4) is 0 Å². The van der Waals surface area contributed by atoms with Gasteiger partial charge in [-0.25, -0.2) is 9.78 Å². The van der Waals surface area contributed by atoms with E-state index in [-0.39, 0.29) is 0 Å². The minimum atomic E-state index is -0.882. The summed E-state index contributed by atoms with van der Waals surface area (Å²) >= 11 is 0. The van der Waals surface area contributed by atoms with Gasteiger partial charge in [-0.2, -0.15) is 0 Å². The maximum absolute atomic E-state index is 11.2. The highest BCUT2D eigenvalue weighted by atomic mass is 16.4. The molecule has 1 aromatic heterocycles. The third kappa shape index (κ3) is 2.30. The second kappa shape index (κ2) is 4.93. The van der Waals surface area contributed by atoms with Crippen LogP contribution in [0, 0.1) is 5.92 Å². The summed E-state index contributed by atoms with van der Waals surface area (Å²) in [5, 5.41) is 9.16. The molecule has 2 aromatic rings. The average Bonchev–Trinajstić information content (AvgIpc) is 3.15. The molecular formula is C16H20N2O2. The van der Waals surface area contributed by atoms with Crippen LogP contribution >= 0.6 is 0 Å². The van der Waals surface area contributed by atoms with Gasteiger partial charge >= 0.3 is 5.97 Å². The lowest BCUT2D eigenvalue weighted by Gasteiger charge is -2.17. The van der Waals surface area contributed by atoms with Crippen LogP contribution in [0.4, 0.5) is 0 Å². The van der Waals surface area contributed by atoms with Crippen molar-refractivity contribution in [3.63, 3.8) is 0 Å². The van der Waals surface area contributed by atoms with E-state index in [1.54, 1.807) is 12.1 Å². The molecule has 1 unspecified atom stereocenters. The lowest BCUT2D eigenvalue weighted by molar-refractivity contribution is 0.0697. The number of carboxylic acids is 1. The Morgan fingerprint density at radius 2 is 2.25 bits per heavy atom. The zero-order chi connectivity index (χ0) is 14.3. The molecule has 4 heteroatoms. The highest BCUT2D eigenvalue weighted by Gasteiger charge is 2.26. The highest BCUT2D eigenvalue weighted by molar-refractivity contribution is 5.92. The first-order valence-corrected chi connectivity index (χ1v) is 7.34. The van der Waals surface area contributed by atoms with Crippen molar-refractivity contribution in [3.05, 3.63) is 29.6 Å². The van der Waals surface area contributed by atoms with Gasteiger partial charge in [-0.15, -0.1) is 0 Å². The molecule has 0 radical (unpaired) electrons. The van der Waals surface area contributed by atoms with Crippen LogP contribution < -0.4 is 0 Å². The Morgan fingerprint density at radius 1 is 1.50 bits per heavy atom. The van der Waals surface area contributed by atoms with Crippen LogP contribution in [0.25, 0.3) is 11.0 Å². The lowest BCUT2D eigenvalue weighted by atomic mass is 10.1. The number of carbonyl (C=O) groups is 1. The number of imidazole rings is 1. The Balaban J connectivity index is 2.09. The van der Waals surface area contributed by atoms with Gasteiger partial charge < -0.3 is 9.67 Å². The zero-order valence-corrected chi connectivity index (χ0v) is 12.0. The molecule has 1 aliphatic carbocycles. The van der Waals surface area contributed by atoms with Crippen molar-refractivity contribution < 1.29 is 9.90 Å². The summed E-state index contributed by atoms with van der Waals surface area (Å²) in [4.78, 5) is 15.8. The molecule has 3 rings (SSSR count). The molecule has 4 nitrogen and oxygen atoms in total. The molecule has 0 aliphatic heterocycles. The summed E-state index contributed by atoms with van der Waals surface area (Å²) in [6.07, 6.45) is 4.69. The van der Waals surface area contributed by atoms with E-state index in [0.29, 0.717) is 11.6 Å². The number of benzene rings is 1. The van der Waals surface area contributed by atoms with Crippen molar-refractivity contribution in [2.45, 2.75) is 45.6 Å². The van der Waals surface area contributed by atoms with Crippen LogP contribution in [-0.2, 0) is 6.42 Å². The number of aryl methyl sites for hydroxylation is 1. The Hall–Kier alpha value is -1.84. The standard InChI is InChI=1S/C16H20N2O2/c1-3-15-17-13-7-6-12(16(19)20)9-14(13)18(15)10(2)8-11-4-5-11/h6-7,9-11H,3-5,8H2,1-2H3,(H,19,20). The van der Waals surface area contributed by atoms with Crippen molar-refractivity contribution in [2.24, 2.45) is 5.92 Å². The van der Waals surface area contributed by atoms with Crippen molar-refractivity contribution in [1.82, 2.24) is 9.55 Å². The molecule has 1 heterocycles. The molecule has 20 heavy (non-hydrogen) atoms. The normalized spacial score (nSPS) is 16.5. The van der Waals surface area contributed by atoms with E-state index < -0.39 is 5.97 Å². The van der Waals surface area contributed by atoms with Gasteiger partial charge in [0.05, 0.1) is 16.6 Å². The SMILES string of the molecule is CCc1nc2ccc(C(=O)O)cc2n1C(C)CC1CC1. The van der Waals surface area contributed by atoms with Gasteiger partial charge in [0.25, 0.3) is 0 Å². The first-order valence-electron chi connectivity index (χ1n) is 7.34. The molecule has 1 fully saturated rings. The number of nitrogens with zero attached hydrogens (tertiary/aromatic N) is 2. The maximum Gasteiger partial charge on any atom is 0.335 e. The van der Waals surface area contributed by atoms with Gasteiger partial charge in [0.15, 0.2) is 0 Å². The molecule has 0 bridgehead atoms. The summed E-state index contributed by atoms with van der Waals surface area (Å²) in [6.45, 7) is 4.31. The predicted molar refractivity (Wildman–Crippen MR) is 78.1 cm³/mol. The Labute approximate surface area is 118 Å². The number of rotatable bonds is 5. The van der Waals surface area contributed by atoms with E-state index in [9.17, 15) is 4.79 Å². The first kappa shape index (κ1) is 13.2. The van der Waals surface area contributed by atoms with Crippen LogP contribution in [0.1, 0.15) is 55.3 Å². The van der Waals surface area contributed by atoms with E-state index >= 15 is 0 Å². The summed E-state index contributed by atoms with van der Waals surface area (Å²) in [5.41, 5.74) is 2.18. The summed E-state index contributed by atoms with van der Waals surface area (Å²) in [5.74, 6) is 1.01. The van der Waals surface area contributed by atoms with Gasteiger partial charge in [0.1, 0.15) is 5.82 Å². The van der Waals surface area contributed by atoms with Gasteiger partial charge in [0.2, 0.25) is 0 Å². The number of hydrogen-bond acceptors (Lipinski definition) is 2. The Kier molecular flexibility index (Phi) is 3.24. The number of aromatic carboxylic acids is 1. The molecule has 106 valence electrons.